The summed E-state index contributed by atoms with van der Waals surface area (Å²) in [6.07, 6.45) is -2.56. The van der Waals surface area contributed by atoms with Crippen molar-refractivity contribution in [3.63, 3.8) is 0 Å². The Morgan fingerprint density at radius 3 is 2.39 bits per heavy atom. The number of hydrogen-bond acceptors (Lipinski definition) is 6. The molecule has 0 unspecified atom stereocenters. The van der Waals surface area contributed by atoms with Gasteiger partial charge in [-0.2, -0.15) is 4.98 Å². The molecule has 0 bridgehead atoms. The molecule has 0 atom stereocenters. The van der Waals surface area contributed by atoms with Gasteiger partial charge in [0.15, 0.2) is 0 Å². The van der Waals surface area contributed by atoms with Crippen LogP contribution in [-0.4, -0.2) is 35.3 Å². The number of carbonyl (C=O) groups excluding carboxylic acids is 1. The van der Waals surface area contributed by atoms with E-state index in [4.69, 9.17) is 0 Å². The molecule has 0 aliphatic carbocycles. The Bertz CT molecular complexity index is 1130. The lowest BCUT2D eigenvalue weighted by Gasteiger charge is -2.17. The average Bonchev–Trinajstić information content (AvgIpc) is 3.29. The lowest BCUT2D eigenvalue weighted by molar-refractivity contribution is -0.274. The van der Waals surface area contributed by atoms with Crippen LogP contribution in [0.15, 0.2) is 54.6 Å². The summed E-state index contributed by atoms with van der Waals surface area (Å²) in [6, 6.07) is 13.7. The van der Waals surface area contributed by atoms with Crippen molar-refractivity contribution in [3.05, 3.63) is 65.9 Å². The van der Waals surface area contributed by atoms with Crippen LogP contribution < -0.4 is 20.3 Å². The number of carbonyl (C=O) groups is 1. The van der Waals surface area contributed by atoms with E-state index in [-0.39, 0.29) is 5.56 Å². The maximum absolute atomic E-state index is 12.4. The van der Waals surface area contributed by atoms with E-state index < -0.39 is 18.0 Å². The summed E-state index contributed by atoms with van der Waals surface area (Å²) in [5, 5.41) is 5.90. The molecule has 2 aromatic carbocycles. The number of halogens is 3. The number of nitrogens with zero attached hydrogens (tertiary/aromatic N) is 3. The largest absolute Gasteiger partial charge is 0.573 e. The zero-order valence-corrected chi connectivity index (χ0v) is 17.8. The molecule has 1 saturated heterocycles. The second-order valence-corrected chi connectivity index (χ2v) is 7.62. The third-order valence-electron chi connectivity index (χ3n) is 4.98. The van der Waals surface area contributed by atoms with Crippen LogP contribution in [0.5, 0.6) is 5.75 Å². The summed E-state index contributed by atoms with van der Waals surface area (Å²) in [5.74, 6) is 0.367. The summed E-state index contributed by atoms with van der Waals surface area (Å²) < 4.78 is 41.1. The Balaban J connectivity index is 1.41. The van der Waals surface area contributed by atoms with Crippen molar-refractivity contribution >= 4 is 29.0 Å². The summed E-state index contributed by atoms with van der Waals surface area (Å²) in [5.41, 5.74) is 2.16. The molecule has 10 heteroatoms. The monoisotopic (exact) mass is 457 g/mol. The van der Waals surface area contributed by atoms with Gasteiger partial charge in [-0.25, -0.2) is 4.98 Å². The molecule has 3 aromatic rings. The number of nitrogens with one attached hydrogen (secondary N) is 2. The summed E-state index contributed by atoms with van der Waals surface area (Å²) >= 11 is 0. The van der Waals surface area contributed by atoms with Crippen molar-refractivity contribution in [1.29, 1.82) is 0 Å². The highest BCUT2D eigenvalue weighted by Crippen LogP contribution is 2.25. The molecular formula is C23H22F3N5O2. The molecular weight excluding hydrogens is 435 g/mol. The maximum Gasteiger partial charge on any atom is 0.573 e. The minimum atomic E-state index is -4.82. The van der Waals surface area contributed by atoms with Gasteiger partial charge in [-0.05, 0) is 62.2 Å². The van der Waals surface area contributed by atoms with E-state index in [0.29, 0.717) is 17.5 Å². The highest BCUT2D eigenvalue weighted by atomic mass is 19.4. The van der Waals surface area contributed by atoms with E-state index in [1.165, 1.54) is 12.1 Å². The molecule has 1 aliphatic rings. The molecule has 0 radical (unpaired) electrons. The van der Waals surface area contributed by atoms with Crippen LogP contribution in [0, 0.1) is 6.92 Å². The zero-order chi connectivity index (χ0) is 23.4. The Morgan fingerprint density at radius 2 is 1.70 bits per heavy atom. The number of amides is 1. The van der Waals surface area contributed by atoms with Gasteiger partial charge in [-0.1, -0.05) is 6.07 Å². The van der Waals surface area contributed by atoms with Gasteiger partial charge in [-0.3, -0.25) is 4.79 Å². The van der Waals surface area contributed by atoms with Gasteiger partial charge in [0, 0.05) is 41.8 Å². The van der Waals surface area contributed by atoms with Crippen molar-refractivity contribution in [2.45, 2.75) is 26.1 Å². The molecule has 4 rings (SSSR count). The fraction of sp³-hybridized carbons (Fsp3) is 0.261. The number of anilines is 4. The van der Waals surface area contributed by atoms with Gasteiger partial charge in [0.1, 0.15) is 11.6 Å². The fourth-order valence-corrected chi connectivity index (χ4v) is 3.50. The average molecular weight is 457 g/mol. The smallest absolute Gasteiger partial charge is 0.406 e. The molecule has 0 spiro atoms. The van der Waals surface area contributed by atoms with E-state index in [1.807, 2.05) is 13.0 Å². The topological polar surface area (TPSA) is 79.4 Å². The molecule has 172 valence electrons. The first-order valence-corrected chi connectivity index (χ1v) is 10.4. The first-order chi connectivity index (χ1) is 15.7. The van der Waals surface area contributed by atoms with Gasteiger partial charge in [0.25, 0.3) is 5.91 Å². The standard InChI is InChI=1S/C23H22F3N5O2/c1-15-13-20(30-22(27-15)31-11-2-3-12-31)28-17-7-9-18(10-8-17)29-21(32)16-5-4-6-19(14-16)33-23(24,25)26/h4-10,13-14H,2-3,11-12H2,1H3,(H,29,32)(H,27,28,30). The Labute approximate surface area is 188 Å². The van der Waals surface area contributed by atoms with Crippen LogP contribution in [-0.2, 0) is 0 Å². The SMILES string of the molecule is Cc1cc(Nc2ccc(NC(=O)c3cccc(OC(F)(F)F)c3)cc2)nc(N2CCCC2)n1. The summed E-state index contributed by atoms with van der Waals surface area (Å²) in [6.45, 7) is 3.81. The number of aromatic nitrogens is 2. The van der Waals surface area contributed by atoms with E-state index >= 15 is 0 Å². The number of ether oxygens (including phenoxy) is 1. The Hall–Kier alpha value is -3.82. The predicted molar refractivity (Wildman–Crippen MR) is 119 cm³/mol. The van der Waals surface area contributed by atoms with Crippen LogP contribution in [0.2, 0.25) is 0 Å². The van der Waals surface area contributed by atoms with Gasteiger partial charge >= 0.3 is 6.36 Å². The van der Waals surface area contributed by atoms with Gasteiger partial charge in [0.05, 0.1) is 0 Å². The molecule has 1 fully saturated rings. The van der Waals surface area contributed by atoms with E-state index in [2.05, 4.69) is 30.2 Å². The minimum absolute atomic E-state index is 0.0462. The summed E-state index contributed by atoms with van der Waals surface area (Å²) in [4.78, 5) is 23.7. The third-order valence-corrected chi connectivity index (χ3v) is 4.98. The number of hydrogen-bond donors (Lipinski definition) is 2. The van der Waals surface area contributed by atoms with Crippen LogP contribution >= 0.6 is 0 Å². The van der Waals surface area contributed by atoms with Crippen LogP contribution in [0.4, 0.5) is 36.3 Å². The fourth-order valence-electron chi connectivity index (χ4n) is 3.50. The third kappa shape index (κ3) is 6.12. The zero-order valence-electron chi connectivity index (χ0n) is 17.8. The highest BCUT2D eigenvalue weighted by Gasteiger charge is 2.31. The highest BCUT2D eigenvalue weighted by molar-refractivity contribution is 6.04. The minimum Gasteiger partial charge on any atom is -0.406 e. The summed E-state index contributed by atoms with van der Waals surface area (Å²) in [7, 11) is 0. The van der Waals surface area contributed by atoms with Gasteiger partial charge in [-0.15, -0.1) is 13.2 Å². The van der Waals surface area contributed by atoms with Crippen molar-refractivity contribution in [2.24, 2.45) is 0 Å². The molecule has 2 heterocycles. The van der Waals surface area contributed by atoms with Crippen molar-refractivity contribution < 1.29 is 22.7 Å². The molecule has 1 amide bonds. The second kappa shape index (κ2) is 9.35. The van der Waals surface area contributed by atoms with E-state index in [1.54, 1.807) is 24.3 Å². The van der Waals surface area contributed by atoms with E-state index in [9.17, 15) is 18.0 Å². The second-order valence-electron chi connectivity index (χ2n) is 7.62. The van der Waals surface area contributed by atoms with Gasteiger partial charge in [0.2, 0.25) is 5.95 Å². The van der Waals surface area contributed by atoms with Crippen molar-refractivity contribution in [3.8, 4) is 5.75 Å². The van der Waals surface area contributed by atoms with Crippen molar-refractivity contribution in [1.82, 2.24) is 9.97 Å². The molecule has 1 aliphatic heterocycles. The lowest BCUT2D eigenvalue weighted by Crippen LogP contribution is -2.21. The van der Waals surface area contributed by atoms with Crippen LogP contribution in [0.3, 0.4) is 0 Å². The molecule has 1 aromatic heterocycles. The number of alkyl halides is 3. The first-order valence-electron chi connectivity index (χ1n) is 10.4. The van der Waals surface area contributed by atoms with Gasteiger partial charge < -0.3 is 20.3 Å². The van der Waals surface area contributed by atoms with Crippen LogP contribution in [0.1, 0.15) is 28.9 Å². The first kappa shape index (κ1) is 22.4. The normalized spacial score (nSPS) is 13.6. The van der Waals surface area contributed by atoms with Crippen LogP contribution in [0.25, 0.3) is 0 Å². The lowest BCUT2D eigenvalue weighted by atomic mass is 10.2. The molecule has 0 saturated carbocycles. The van der Waals surface area contributed by atoms with Crippen molar-refractivity contribution in [2.75, 3.05) is 28.6 Å². The van der Waals surface area contributed by atoms with E-state index in [0.717, 1.165) is 49.4 Å². The number of aryl methyl sites for hydroxylation is 1. The maximum atomic E-state index is 12.4. The molecule has 2 N–H and O–H groups in total. The number of benzene rings is 2. The quantitative estimate of drug-likeness (QED) is 0.524. The molecule has 33 heavy (non-hydrogen) atoms. The Kier molecular flexibility index (Phi) is 6.34. The Morgan fingerprint density at radius 1 is 1.00 bits per heavy atom. The predicted octanol–water partition coefficient (Wildman–Crippen LogP) is 5.28. The molecule has 7 nitrogen and oxygen atoms in total. The number of rotatable bonds is 6.